The lowest BCUT2D eigenvalue weighted by atomic mass is 10.1. The molecule has 0 aliphatic carbocycles. The average Bonchev–Trinajstić information content (AvgIpc) is 2.67. The second kappa shape index (κ2) is 7.21. The monoisotopic (exact) mass is 201 g/mol. The van der Waals surface area contributed by atoms with Crippen LogP contribution in [0.2, 0.25) is 0 Å². The van der Waals surface area contributed by atoms with Crippen LogP contribution in [0.5, 0.6) is 0 Å². The highest BCUT2D eigenvalue weighted by Crippen LogP contribution is 2.11. The Balaban J connectivity index is 2.10. The number of hydrogen-bond acceptors (Lipinski definition) is 3. The van der Waals surface area contributed by atoms with Crippen LogP contribution in [-0.4, -0.2) is 39.0 Å². The third-order valence-electron chi connectivity index (χ3n) is 2.66. The van der Waals surface area contributed by atoms with Crippen LogP contribution in [0.15, 0.2) is 0 Å². The Morgan fingerprint density at radius 2 is 2.43 bits per heavy atom. The first kappa shape index (κ1) is 12.0. The second-order valence-electron chi connectivity index (χ2n) is 3.98. The zero-order valence-electron chi connectivity index (χ0n) is 9.42. The summed E-state index contributed by atoms with van der Waals surface area (Å²) < 4.78 is 10.7. The Morgan fingerprint density at radius 3 is 3.00 bits per heavy atom. The molecule has 3 nitrogen and oxygen atoms in total. The molecule has 2 unspecified atom stereocenters. The standard InChI is InChI=1S/C11H23NO2/c1-3-5-10(9-13-2)12-8-11-6-4-7-14-11/h10-12H,3-9H2,1-2H3. The van der Waals surface area contributed by atoms with Crippen molar-refractivity contribution in [2.45, 2.75) is 44.8 Å². The maximum absolute atomic E-state index is 5.56. The molecule has 1 saturated heterocycles. The van der Waals surface area contributed by atoms with Crippen molar-refractivity contribution >= 4 is 0 Å². The highest BCUT2D eigenvalue weighted by Gasteiger charge is 2.16. The van der Waals surface area contributed by atoms with Crippen LogP contribution in [0.1, 0.15) is 32.6 Å². The summed E-state index contributed by atoms with van der Waals surface area (Å²) in [5.41, 5.74) is 0. The van der Waals surface area contributed by atoms with Crippen molar-refractivity contribution in [2.75, 3.05) is 26.9 Å². The lowest BCUT2D eigenvalue weighted by Gasteiger charge is -2.19. The molecule has 3 heteroatoms. The minimum Gasteiger partial charge on any atom is -0.383 e. The summed E-state index contributed by atoms with van der Waals surface area (Å²) in [5.74, 6) is 0. The van der Waals surface area contributed by atoms with Gasteiger partial charge in [-0.05, 0) is 19.3 Å². The van der Waals surface area contributed by atoms with Gasteiger partial charge in [-0.15, -0.1) is 0 Å². The summed E-state index contributed by atoms with van der Waals surface area (Å²) >= 11 is 0. The second-order valence-corrected chi connectivity index (χ2v) is 3.98. The van der Waals surface area contributed by atoms with Gasteiger partial charge in [-0.1, -0.05) is 13.3 Å². The molecular formula is C11H23NO2. The summed E-state index contributed by atoms with van der Waals surface area (Å²) in [5, 5.41) is 3.51. The maximum atomic E-state index is 5.56. The topological polar surface area (TPSA) is 30.5 Å². The van der Waals surface area contributed by atoms with E-state index in [1.165, 1.54) is 25.7 Å². The summed E-state index contributed by atoms with van der Waals surface area (Å²) in [6.07, 6.45) is 5.24. The number of rotatable bonds is 7. The molecule has 1 heterocycles. The molecule has 0 radical (unpaired) electrons. The minimum absolute atomic E-state index is 0.436. The van der Waals surface area contributed by atoms with E-state index >= 15 is 0 Å². The lowest BCUT2D eigenvalue weighted by Crippen LogP contribution is -2.38. The largest absolute Gasteiger partial charge is 0.383 e. The fourth-order valence-electron chi connectivity index (χ4n) is 1.90. The van der Waals surface area contributed by atoms with Gasteiger partial charge < -0.3 is 14.8 Å². The van der Waals surface area contributed by atoms with Gasteiger partial charge >= 0.3 is 0 Å². The highest BCUT2D eigenvalue weighted by atomic mass is 16.5. The Bertz CT molecular complexity index is 129. The van der Waals surface area contributed by atoms with Crippen molar-refractivity contribution in [1.29, 1.82) is 0 Å². The summed E-state index contributed by atoms with van der Waals surface area (Å²) in [6.45, 7) is 4.93. The molecule has 1 rings (SSSR count). The van der Waals surface area contributed by atoms with Crippen LogP contribution in [0.25, 0.3) is 0 Å². The van der Waals surface area contributed by atoms with Crippen molar-refractivity contribution in [3.63, 3.8) is 0 Å². The number of ether oxygens (including phenoxy) is 2. The molecule has 0 bridgehead atoms. The molecule has 1 aliphatic heterocycles. The molecule has 0 spiro atoms. The van der Waals surface area contributed by atoms with Crippen molar-refractivity contribution in [2.24, 2.45) is 0 Å². The zero-order valence-corrected chi connectivity index (χ0v) is 9.42. The molecule has 0 aromatic heterocycles. The van der Waals surface area contributed by atoms with E-state index in [-0.39, 0.29) is 0 Å². The Hall–Kier alpha value is -0.120. The van der Waals surface area contributed by atoms with Crippen molar-refractivity contribution < 1.29 is 9.47 Å². The lowest BCUT2D eigenvalue weighted by molar-refractivity contribution is 0.0984. The van der Waals surface area contributed by atoms with Gasteiger partial charge in [-0.25, -0.2) is 0 Å². The fourth-order valence-corrected chi connectivity index (χ4v) is 1.90. The van der Waals surface area contributed by atoms with Crippen molar-refractivity contribution in [3.8, 4) is 0 Å². The van der Waals surface area contributed by atoms with Gasteiger partial charge in [0.1, 0.15) is 0 Å². The van der Waals surface area contributed by atoms with E-state index in [1.807, 2.05) is 0 Å². The minimum atomic E-state index is 0.436. The number of hydrogen-bond donors (Lipinski definition) is 1. The third kappa shape index (κ3) is 4.40. The smallest absolute Gasteiger partial charge is 0.0700 e. The molecule has 0 aromatic carbocycles. The summed E-state index contributed by atoms with van der Waals surface area (Å²) in [4.78, 5) is 0. The van der Waals surface area contributed by atoms with Gasteiger partial charge in [0, 0.05) is 26.3 Å². The third-order valence-corrected chi connectivity index (χ3v) is 2.66. The SMILES string of the molecule is CCCC(COC)NCC1CCCO1. The maximum Gasteiger partial charge on any atom is 0.0700 e. The Morgan fingerprint density at radius 1 is 1.57 bits per heavy atom. The van der Waals surface area contributed by atoms with Crippen LogP contribution in [0.4, 0.5) is 0 Å². The Kier molecular flexibility index (Phi) is 6.15. The first-order valence-electron chi connectivity index (χ1n) is 5.70. The molecule has 0 saturated carbocycles. The van der Waals surface area contributed by atoms with E-state index in [0.29, 0.717) is 12.1 Å². The molecule has 1 N–H and O–H groups in total. The van der Waals surface area contributed by atoms with E-state index < -0.39 is 0 Å². The van der Waals surface area contributed by atoms with Crippen LogP contribution in [-0.2, 0) is 9.47 Å². The van der Waals surface area contributed by atoms with E-state index in [2.05, 4.69) is 12.2 Å². The number of methoxy groups -OCH3 is 1. The molecule has 1 fully saturated rings. The molecule has 1 aliphatic rings. The summed E-state index contributed by atoms with van der Waals surface area (Å²) in [6, 6.07) is 0.495. The van der Waals surface area contributed by atoms with Gasteiger partial charge in [-0.2, -0.15) is 0 Å². The van der Waals surface area contributed by atoms with Crippen LogP contribution >= 0.6 is 0 Å². The molecule has 0 amide bonds. The fraction of sp³-hybridized carbons (Fsp3) is 1.00. The van der Waals surface area contributed by atoms with Crippen molar-refractivity contribution in [3.05, 3.63) is 0 Å². The Labute approximate surface area is 87.2 Å². The average molecular weight is 201 g/mol. The van der Waals surface area contributed by atoms with Crippen molar-refractivity contribution in [1.82, 2.24) is 5.32 Å². The predicted molar refractivity (Wildman–Crippen MR) is 57.5 cm³/mol. The van der Waals surface area contributed by atoms with E-state index in [9.17, 15) is 0 Å². The van der Waals surface area contributed by atoms with Gasteiger partial charge in [0.2, 0.25) is 0 Å². The molecule has 0 aromatic rings. The first-order valence-corrected chi connectivity index (χ1v) is 5.70. The van der Waals surface area contributed by atoms with Crippen LogP contribution < -0.4 is 5.32 Å². The van der Waals surface area contributed by atoms with E-state index in [1.54, 1.807) is 7.11 Å². The van der Waals surface area contributed by atoms with Gasteiger partial charge in [-0.3, -0.25) is 0 Å². The molecule has 14 heavy (non-hydrogen) atoms. The van der Waals surface area contributed by atoms with Gasteiger partial charge in [0.25, 0.3) is 0 Å². The van der Waals surface area contributed by atoms with Gasteiger partial charge in [0.15, 0.2) is 0 Å². The number of nitrogens with one attached hydrogen (secondary N) is 1. The van der Waals surface area contributed by atoms with Crippen LogP contribution in [0.3, 0.4) is 0 Å². The van der Waals surface area contributed by atoms with Gasteiger partial charge in [0.05, 0.1) is 12.7 Å². The molecule has 2 atom stereocenters. The summed E-state index contributed by atoms with van der Waals surface area (Å²) in [7, 11) is 1.76. The highest BCUT2D eigenvalue weighted by molar-refractivity contribution is 4.72. The van der Waals surface area contributed by atoms with E-state index in [0.717, 1.165) is 19.8 Å². The molecular weight excluding hydrogens is 178 g/mol. The predicted octanol–water partition coefficient (Wildman–Crippen LogP) is 1.57. The quantitative estimate of drug-likeness (QED) is 0.678. The first-order chi connectivity index (χ1) is 6.86. The normalized spacial score (nSPS) is 24.0. The van der Waals surface area contributed by atoms with Crippen LogP contribution in [0, 0.1) is 0 Å². The zero-order chi connectivity index (χ0) is 10.2. The van der Waals surface area contributed by atoms with E-state index in [4.69, 9.17) is 9.47 Å². The molecule has 84 valence electrons.